The molecule has 0 radical (unpaired) electrons. The van der Waals surface area contributed by atoms with Crippen molar-refractivity contribution in [2.75, 3.05) is 0 Å². The summed E-state index contributed by atoms with van der Waals surface area (Å²) in [6, 6.07) is 7.89. The van der Waals surface area contributed by atoms with Crippen molar-refractivity contribution in [3.8, 4) is 0 Å². The van der Waals surface area contributed by atoms with Gasteiger partial charge in [-0.05, 0) is 49.9 Å². The Morgan fingerprint density at radius 2 is 2.00 bits per heavy atom. The summed E-state index contributed by atoms with van der Waals surface area (Å²) in [6.45, 7) is 5.55. The fraction of sp³-hybridized carbons (Fsp3) is 0.250. The molecule has 2 rings (SSSR count). The number of rotatable bonds is 2. The number of esters is 1. The first-order valence-electron chi connectivity index (χ1n) is 6.19. The number of nitrogens with zero attached hydrogens (tertiary/aromatic N) is 1. The number of pyridine rings is 1. The maximum Gasteiger partial charge on any atom is 0.331 e. The Labute approximate surface area is 112 Å². The van der Waals surface area contributed by atoms with E-state index in [1.54, 1.807) is 12.3 Å². The molecule has 0 aliphatic rings. The molecule has 1 aromatic carbocycles. The highest BCUT2D eigenvalue weighted by Gasteiger charge is 2.13. The Morgan fingerprint density at radius 3 is 2.74 bits per heavy atom. The lowest BCUT2D eigenvalue weighted by Gasteiger charge is -2.17. The molecule has 0 amide bonds. The second-order valence-corrected chi connectivity index (χ2v) is 5.35. The molecule has 0 saturated heterocycles. The van der Waals surface area contributed by atoms with Gasteiger partial charge in [0.2, 0.25) is 0 Å². The van der Waals surface area contributed by atoms with Gasteiger partial charge < -0.3 is 4.74 Å². The highest BCUT2D eigenvalue weighted by molar-refractivity contribution is 5.89. The molecule has 2 aromatic rings. The van der Waals surface area contributed by atoms with Crippen LogP contribution in [0.4, 0.5) is 0 Å². The molecule has 98 valence electrons. The summed E-state index contributed by atoms with van der Waals surface area (Å²) >= 11 is 0. The van der Waals surface area contributed by atoms with Gasteiger partial charge >= 0.3 is 5.97 Å². The first-order chi connectivity index (χ1) is 8.94. The fourth-order valence-electron chi connectivity index (χ4n) is 1.71. The topological polar surface area (TPSA) is 39.2 Å². The summed E-state index contributed by atoms with van der Waals surface area (Å²) in [5.41, 5.74) is 0.501. The van der Waals surface area contributed by atoms with E-state index >= 15 is 0 Å². The maximum absolute atomic E-state index is 11.6. The van der Waals surface area contributed by atoms with Crippen molar-refractivity contribution in [1.29, 1.82) is 0 Å². The van der Waals surface area contributed by atoms with E-state index in [4.69, 9.17) is 4.74 Å². The molecule has 1 heterocycles. The summed E-state index contributed by atoms with van der Waals surface area (Å²) in [4.78, 5) is 15.6. The number of benzene rings is 1. The van der Waals surface area contributed by atoms with Crippen molar-refractivity contribution in [3.05, 3.63) is 48.3 Å². The van der Waals surface area contributed by atoms with Crippen LogP contribution in [0.5, 0.6) is 0 Å². The summed E-state index contributed by atoms with van der Waals surface area (Å²) in [6.07, 6.45) is 6.78. The zero-order chi connectivity index (χ0) is 13.9. The molecule has 0 aliphatic carbocycles. The van der Waals surface area contributed by atoms with Crippen LogP contribution in [0, 0.1) is 0 Å². The van der Waals surface area contributed by atoms with Crippen LogP contribution >= 0.6 is 0 Å². The van der Waals surface area contributed by atoms with Crippen molar-refractivity contribution in [1.82, 2.24) is 4.98 Å². The smallest absolute Gasteiger partial charge is 0.331 e. The van der Waals surface area contributed by atoms with Gasteiger partial charge in [-0.25, -0.2) is 4.79 Å². The minimum absolute atomic E-state index is 0.331. The summed E-state index contributed by atoms with van der Waals surface area (Å²) in [5.74, 6) is -0.331. The van der Waals surface area contributed by atoms with E-state index < -0.39 is 5.60 Å². The van der Waals surface area contributed by atoms with E-state index in [2.05, 4.69) is 4.98 Å². The molecular formula is C16H17NO2. The van der Waals surface area contributed by atoms with Crippen LogP contribution in [0.25, 0.3) is 16.8 Å². The third-order valence-electron chi connectivity index (χ3n) is 2.48. The van der Waals surface area contributed by atoms with Gasteiger partial charge in [-0.3, -0.25) is 4.98 Å². The molecule has 19 heavy (non-hydrogen) atoms. The number of aromatic nitrogens is 1. The van der Waals surface area contributed by atoms with E-state index in [1.807, 2.05) is 51.2 Å². The van der Waals surface area contributed by atoms with Gasteiger partial charge in [0.05, 0.1) is 0 Å². The van der Waals surface area contributed by atoms with Gasteiger partial charge in [0.25, 0.3) is 0 Å². The second kappa shape index (κ2) is 5.22. The number of carbonyl (C=O) groups is 1. The van der Waals surface area contributed by atoms with Crippen molar-refractivity contribution in [2.24, 2.45) is 0 Å². The van der Waals surface area contributed by atoms with E-state index in [0.717, 1.165) is 16.3 Å². The first-order valence-corrected chi connectivity index (χ1v) is 6.19. The van der Waals surface area contributed by atoms with Gasteiger partial charge in [-0.1, -0.05) is 12.1 Å². The van der Waals surface area contributed by atoms with Crippen molar-refractivity contribution < 1.29 is 9.53 Å². The summed E-state index contributed by atoms with van der Waals surface area (Å²) < 4.78 is 5.21. The predicted molar refractivity (Wildman–Crippen MR) is 76.6 cm³/mol. The standard InChI is InChI=1S/C16H17NO2/c1-16(2,3)19-15(18)7-5-12-4-6-14-11-17-9-8-13(14)10-12/h4-11H,1-3H3/b7-5+. The maximum atomic E-state index is 11.6. The third-order valence-corrected chi connectivity index (χ3v) is 2.48. The van der Waals surface area contributed by atoms with Crippen molar-refractivity contribution >= 4 is 22.8 Å². The van der Waals surface area contributed by atoms with Crippen LogP contribution < -0.4 is 0 Å². The average molecular weight is 255 g/mol. The molecule has 0 atom stereocenters. The van der Waals surface area contributed by atoms with E-state index in [9.17, 15) is 4.79 Å². The lowest BCUT2D eigenvalue weighted by Crippen LogP contribution is -2.22. The third kappa shape index (κ3) is 3.91. The van der Waals surface area contributed by atoms with E-state index in [-0.39, 0.29) is 5.97 Å². The molecule has 3 heteroatoms. The molecule has 3 nitrogen and oxygen atoms in total. The van der Waals surface area contributed by atoms with E-state index in [1.165, 1.54) is 6.08 Å². The normalized spacial score (nSPS) is 11.9. The zero-order valence-electron chi connectivity index (χ0n) is 11.4. The van der Waals surface area contributed by atoms with Gasteiger partial charge in [0, 0.05) is 23.9 Å². The second-order valence-electron chi connectivity index (χ2n) is 5.35. The molecule has 1 aromatic heterocycles. The molecule has 0 N–H and O–H groups in total. The highest BCUT2D eigenvalue weighted by atomic mass is 16.6. The van der Waals surface area contributed by atoms with Crippen LogP contribution in [0.1, 0.15) is 26.3 Å². The van der Waals surface area contributed by atoms with Crippen molar-refractivity contribution in [2.45, 2.75) is 26.4 Å². The van der Waals surface area contributed by atoms with Gasteiger partial charge in [0.1, 0.15) is 5.60 Å². The van der Waals surface area contributed by atoms with Crippen LogP contribution in [-0.4, -0.2) is 16.6 Å². The minimum Gasteiger partial charge on any atom is -0.457 e. The van der Waals surface area contributed by atoms with Crippen molar-refractivity contribution in [3.63, 3.8) is 0 Å². The molecular weight excluding hydrogens is 238 g/mol. The number of hydrogen-bond donors (Lipinski definition) is 0. The fourth-order valence-corrected chi connectivity index (χ4v) is 1.71. The van der Waals surface area contributed by atoms with Gasteiger partial charge in [0.15, 0.2) is 0 Å². The Balaban J connectivity index is 2.15. The molecule has 0 unspecified atom stereocenters. The van der Waals surface area contributed by atoms with Gasteiger partial charge in [-0.2, -0.15) is 0 Å². The molecule has 0 bridgehead atoms. The Hall–Kier alpha value is -2.16. The van der Waals surface area contributed by atoms with E-state index in [0.29, 0.717) is 0 Å². The monoisotopic (exact) mass is 255 g/mol. The quantitative estimate of drug-likeness (QED) is 0.608. The van der Waals surface area contributed by atoms with Crippen LogP contribution in [0.2, 0.25) is 0 Å². The molecule has 0 spiro atoms. The summed E-state index contributed by atoms with van der Waals surface area (Å²) in [7, 11) is 0. The Kier molecular flexibility index (Phi) is 3.65. The van der Waals surface area contributed by atoms with Gasteiger partial charge in [-0.15, -0.1) is 0 Å². The summed E-state index contributed by atoms with van der Waals surface area (Å²) in [5, 5.41) is 2.18. The van der Waals surface area contributed by atoms with Crippen LogP contribution in [-0.2, 0) is 9.53 Å². The Morgan fingerprint density at radius 1 is 1.21 bits per heavy atom. The highest BCUT2D eigenvalue weighted by Crippen LogP contribution is 2.15. The lowest BCUT2D eigenvalue weighted by atomic mass is 10.1. The number of ether oxygens (including phenoxy) is 1. The first kappa shape index (κ1) is 13.3. The largest absolute Gasteiger partial charge is 0.457 e. The molecule has 0 saturated carbocycles. The minimum atomic E-state index is -0.462. The average Bonchev–Trinajstić information content (AvgIpc) is 2.34. The SMILES string of the molecule is CC(C)(C)OC(=O)/C=C/c1ccc2cnccc2c1. The predicted octanol–water partition coefficient (Wildman–Crippen LogP) is 3.59. The Bertz CT molecular complexity index is 624. The van der Waals surface area contributed by atoms with Crippen LogP contribution in [0.3, 0.4) is 0 Å². The van der Waals surface area contributed by atoms with Crippen LogP contribution in [0.15, 0.2) is 42.7 Å². The number of hydrogen-bond acceptors (Lipinski definition) is 3. The number of fused-ring (bicyclic) bond motifs is 1. The molecule has 0 aliphatic heterocycles. The number of carbonyl (C=O) groups excluding carboxylic acids is 1. The zero-order valence-corrected chi connectivity index (χ0v) is 11.4. The molecule has 0 fully saturated rings. The lowest BCUT2D eigenvalue weighted by molar-refractivity contribution is -0.148.